The monoisotopic (exact) mass is 486 g/mol. The number of nitrogens with zero attached hydrogens (tertiary/aromatic N) is 2. The number of carbonyl (C=O) groups is 1. The molecule has 0 amide bonds. The number of anilines is 1. The number of ether oxygens (including phenoxy) is 1. The number of esters is 1. The maximum Gasteiger partial charge on any atom is 0.340 e. The van der Waals surface area contributed by atoms with Crippen LogP contribution in [0.25, 0.3) is 16.6 Å². The van der Waals surface area contributed by atoms with Crippen LogP contribution in [0.4, 0.5) is 5.69 Å². The van der Waals surface area contributed by atoms with E-state index in [9.17, 15) is 4.79 Å². The summed E-state index contributed by atoms with van der Waals surface area (Å²) in [4.78, 5) is 15.8. The van der Waals surface area contributed by atoms with Crippen LogP contribution in [0.1, 0.15) is 46.7 Å². The summed E-state index contributed by atoms with van der Waals surface area (Å²) < 4.78 is 8.80. The third-order valence-electron chi connectivity index (χ3n) is 7.58. The average molecular weight is 487 g/mol. The smallest absolute Gasteiger partial charge is 0.340 e. The molecule has 6 rings (SSSR count). The lowest BCUT2D eigenvalue weighted by atomic mass is 9.80. The van der Waals surface area contributed by atoms with Gasteiger partial charge in [-0.3, -0.25) is 0 Å². The van der Waals surface area contributed by atoms with Gasteiger partial charge in [0.15, 0.2) is 0 Å². The topological polar surface area (TPSA) is 34.0 Å². The molecule has 0 spiro atoms. The van der Waals surface area contributed by atoms with Crippen molar-refractivity contribution in [2.75, 3.05) is 18.0 Å². The van der Waals surface area contributed by atoms with Gasteiger partial charge in [0, 0.05) is 46.7 Å². The van der Waals surface area contributed by atoms with E-state index in [0.29, 0.717) is 5.56 Å². The molecule has 1 aliphatic rings. The van der Waals surface area contributed by atoms with Crippen LogP contribution in [0.2, 0.25) is 0 Å². The minimum atomic E-state index is -1.10. The molecule has 0 aliphatic carbocycles. The van der Waals surface area contributed by atoms with Gasteiger partial charge in [0.25, 0.3) is 0 Å². The van der Waals surface area contributed by atoms with Gasteiger partial charge in [0.05, 0.1) is 11.3 Å². The third kappa shape index (κ3) is 3.47. The summed E-state index contributed by atoms with van der Waals surface area (Å²) in [6.07, 6.45) is 0. The fraction of sp³-hybridized carbons (Fsp3) is 0.182. The largest absolute Gasteiger partial charge is 0.439 e. The number of cyclic esters (lactones) is 1. The first-order valence-corrected chi connectivity index (χ1v) is 12.9. The Labute approximate surface area is 217 Å². The first-order valence-electron chi connectivity index (χ1n) is 12.9. The van der Waals surface area contributed by atoms with E-state index in [2.05, 4.69) is 103 Å². The van der Waals surface area contributed by atoms with Gasteiger partial charge in [-0.1, -0.05) is 66.7 Å². The summed E-state index contributed by atoms with van der Waals surface area (Å²) >= 11 is 0. The highest BCUT2D eigenvalue weighted by Gasteiger charge is 2.51. The zero-order valence-corrected chi connectivity index (χ0v) is 21.4. The van der Waals surface area contributed by atoms with Gasteiger partial charge in [0.1, 0.15) is 0 Å². The summed E-state index contributed by atoms with van der Waals surface area (Å²) in [6, 6.07) is 35.2. The van der Waals surface area contributed by atoms with Crippen LogP contribution < -0.4 is 4.90 Å². The summed E-state index contributed by atoms with van der Waals surface area (Å²) in [6.45, 7) is 8.29. The van der Waals surface area contributed by atoms with Crippen molar-refractivity contribution in [2.45, 2.75) is 26.4 Å². The zero-order valence-electron chi connectivity index (χ0n) is 21.4. The van der Waals surface area contributed by atoms with Gasteiger partial charge in [0.2, 0.25) is 5.60 Å². The Hall–Kier alpha value is -4.31. The van der Waals surface area contributed by atoms with Crippen molar-refractivity contribution in [3.8, 4) is 11.1 Å². The summed E-state index contributed by atoms with van der Waals surface area (Å²) in [5.41, 5.74) is 7.69. The van der Waals surface area contributed by atoms with Gasteiger partial charge in [-0.15, -0.1) is 0 Å². The number of aryl methyl sites for hydroxylation is 1. The number of benzene rings is 3. The van der Waals surface area contributed by atoms with Crippen LogP contribution in [0.3, 0.4) is 0 Å². The van der Waals surface area contributed by atoms with Crippen molar-refractivity contribution in [1.82, 2.24) is 4.40 Å². The van der Waals surface area contributed by atoms with Crippen LogP contribution in [0.15, 0.2) is 103 Å². The molecule has 0 fully saturated rings. The maximum absolute atomic E-state index is 13.4. The molecule has 5 aromatic rings. The van der Waals surface area contributed by atoms with Crippen LogP contribution in [-0.4, -0.2) is 23.5 Å². The molecule has 0 N–H and O–H groups in total. The lowest BCUT2D eigenvalue weighted by Gasteiger charge is -2.32. The number of rotatable bonds is 6. The molecule has 3 heterocycles. The van der Waals surface area contributed by atoms with E-state index in [1.807, 2.05) is 30.3 Å². The van der Waals surface area contributed by atoms with Gasteiger partial charge >= 0.3 is 5.97 Å². The zero-order chi connectivity index (χ0) is 25.6. The minimum Gasteiger partial charge on any atom is -0.439 e. The highest BCUT2D eigenvalue weighted by Crippen LogP contribution is 2.51. The molecule has 3 aromatic carbocycles. The molecule has 184 valence electrons. The number of hydrogen-bond acceptors (Lipinski definition) is 3. The maximum atomic E-state index is 13.4. The highest BCUT2D eigenvalue weighted by atomic mass is 16.6. The Balaban J connectivity index is 1.72. The van der Waals surface area contributed by atoms with Gasteiger partial charge in [-0.25, -0.2) is 4.79 Å². The van der Waals surface area contributed by atoms with E-state index in [0.717, 1.165) is 57.9 Å². The highest BCUT2D eigenvalue weighted by molar-refractivity contribution is 5.97. The number of fused-ring (bicyclic) bond motifs is 2. The molecule has 4 nitrogen and oxygen atoms in total. The van der Waals surface area contributed by atoms with E-state index in [1.165, 1.54) is 0 Å². The average Bonchev–Trinajstić information content (AvgIpc) is 3.48. The van der Waals surface area contributed by atoms with E-state index >= 15 is 0 Å². The first-order chi connectivity index (χ1) is 18.1. The van der Waals surface area contributed by atoms with Crippen molar-refractivity contribution >= 4 is 17.2 Å². The van der Waals surface area contributed by atoms with Crippen LogP contribution >= 0.6 is 0 Å². The molecule has 0 saturated carbocycles. The fourth-order valence-electron chi connectivity index (χ4n) is 5.82. The van der Waals surface area contributed by atoms with Crippen molar-refractivity contribution < 1.29 is 9.53 Å². The predicted molar refractivity (Wildman–Crippen MR) is 149 cm³/mol. The second-order valence-electron chi connectivity index (χ2n) is 9.54. The molecule has 37 heavy (non-hydrogen) atoms. The predicted octanol–water partition coefficient (Wildman–Crippen LogP) is 7.22. The standard InChI is InChI=1S/C33H30N2O2/c1-4-34(5-2)26-20-18-25(19-21-26)33(30-17-10-9-16-28(30)32(36)37-33)31-29(24-13-7-6-8-14-24)22-27-15-11-12-23(3)35(27)31/h6-22H,4-5H2,1-3H3. The van der Waals surface area contributed by atoms with Gasteiger partial charge in [-0.2, -0.15) is 0 Å². The van der Waals surface area contributed by atoms with Crippen molar-refractivity contribution in [2.24, 2.45) is 0 Å². The van der Waals surface area contributed by atoms with E-state index in [4.69, 9.17) is 4.74 Å². The molecular formula is C33H30N2O2. The lowest BCUT2D eigenvalue weighted by molar-refractivity contribution is 0.0238. The molecule has 0 radical (unpaired) electrons. The van der Waals surface area contributed by atoms with Crippen LogP contribution in [-0.2, 0) is 10.3 Å². The molecule has 0 bridgehead atoms. The minimum absolute atomic E-state index is 0.300. The number of aromatic nitrogens is 1. The summed E-state index contributed by atoms with van der Waals surface area (Å²) in [5, 5.41) is 0. The van der Waals surface area contributed by atoms with E-state index < -0.39 is 5.60 Å². The molecule has 2 aromatic heterocycles. The fourth-order valence-corrected chi connectivity index (χ4v) is 5.82. The molecule has 1 unspecified atom stereocenters. The Morgan fingerprint density at radius 1 is 0.784 bits per heavy atom. The van der Waals surface area contributed by atoms with E-state index in [1.54, 1.807) is 0 Å². The number of pyridine rings is 1. The van der Waals surface area contributed by atoms with Crippen molar-refractivity contribution in [1.29, 1.82) is 0 Å². The molecule has 4 heteroatoms. The molecule has 1 atom stereocenters. The van der Waals surface area contributed by atoms with Crippen LogP contribution in [0.5, 0.6) is 0 Å². The number of carbonyl (C=O) groups excluding carboxylic acids is 1. The lowest BCUT2D eigenvalue weighted by Crippen LogP contribution is -2.32. The van der Waals surface area contributed by atoms with Gasteiger partial charge < -0.3 is 14.0 Å². The Morgan fingerprint density at radius 2 is 1.49 bits per heavy atom. The normalized spacial score (nSPS) is 16.6. The first kappa shape index (κ1) is 23.1. The van der Waals surface area contributed by atoms with Gasteiger partial charge in [-0.05, 0) is 62.7 Å². The second kappa shape index (κ2) is 8.97. The van der Waals surface area contributed by atoms with Crippen molar-refractivity contribution in [3.63, 3.8) is 0 Å². The molecule has 1 aliphatic heterocycles. The van der Waals surface area contributed by atoms with Crippen molar-refractivity contribution in [3.05, 3.63) is 131 Å². The summed E-state index contributed by atoms with van der Waals surface area (Å²) in [5.74, 6) is -0.300. The second-order valence-corrected chi connectivity index (χ2v) is 9.54. The SMILES string of the molecule is CCN(CC)c1ccc(C2(c3c(-c4ccccc4)cc4cccc(C)n34)OC(=O)c3ccccc32)cc1. The summed E-state index contributed by atoms with van der Waals surface area (Å²) in [7, 11) is 0. The van der Waals surface area contributed by atoms with Crippen LogP contribution in [0, 0.1) is 6.92 Å². The molecule has 0 saturated heterocycles. The Bertz CT molecular complexity index is 1600. The Kier molecular flexibility index (Phi) is 5.60. The van der Waals surface area contributed by atoms with E-state index in [-0.39, 0.29) is 5.97 Å². The quantitative estimate of drug-likeness (QED) is 0.238. The molecular weight excluding hydrogens is 456 g/mol. The Morgan fingerprint density at radius 3 is 2.22 bits per heavy atom. The number of hydrogen-bond donors (Lipinski definition) is 0. The third-order valence-corrected chi connectivity index (χ3v) is 7.58.